The Bertz CT molecular complexity index is 482. The number of methoxy groups -OCH3 is 2. The molecular weight excluding hydrogens is 292 g/mol. The molecule has 1 rings (SSSR count). The summed E-state index contributed by atoms with van der Waals surface area (Å²) in [5.74, 6) is 0.403. The van der Waals surface area contributed by atoms with Crippen molar-refractivity contribution in [3.8, 4) is 0 Å². The van der Waals surface area contributed by atoms with Crippen LogP contribution in [0.1, 0.15) is 5.56 Å². The van der Waals surface area contributed by atoms with E-state index in [0.29, 0.717) is 17.2 Å². The van der Waals surface area contributed by atoms with Gasteiger partial charge in [0.2, 0.25) is 5.91 Å². The van der Waals surface area contributed by atoms with Crippen molar-refractivity contribution in [2.24, 2.45) is 5.73 Å². The van der Waals surface area contributed by atoms with Crippen molar-refractivity contribution in [2.75, 3.05) is 31.9 Å². The summed E-state index contributed by atoms with van der Waals surface area (Å²) in [5, 5.41) is 2.73. The second-order valence-corrected chi connectivity index (χ2v) is 5.31. The summed E-state index contributed by atoms with van der Waals surface area (Å²) in [6.07, 6.45) is 0. The maximum atomic E-state index is 11.8. The third-order valence-electron chi connectivity index (χ3n) is 2.59. The number of hydrogen-bond acceptors (Lipinski definition) is 6. The van der Waals surface area contributed by atoms with E-state index in [0.717, 1.165) is 5.56 Å². The fourth-order valence-electron chi connectivity index (χ4n) is 1.54. The van der Waals surface area contributed by atoms with Gasteiger partial charge in [-0.25, -0.2) is 0 Å². The van der Waals surface area contributed by atoms with Crippen molar-refractivity contribution < 1.29 is 19.1 Å². The van der Waals surface area contributed by atoms with Crippen LogP contribution in [0.2, 0.25) is 0 Å². The summed E-state index contributed by atoms with van der Waals surface area (Å²) in [7, 11) is 2.86. The highest BCUT2D eigenvalue weighted by molar-refractivity contribution is 7.99. The van der Waals surface area contributed by atoms with Gasteiger partial charge in [-0.3, -0.25) is 9.59 Å². The maximum Gasteiger partial charge on any atom is 0.315 e. The quantitative estimate of drug-likeness (QED) is 0.696. The summed E-state index contributed by atoms with van der Waals surface area (Å²) in [5.41, 5.74) is 7.32. The lowest BCUT2D eigenvalue weighted by Gasteiger charge is -2.12. The Labute approximate surface area is 128 Å². The summed E-state index contributed by atoms with van der Waals surface area (Å²) in [4.78, 5) is 22.8. The van der Waals surface area contributed by atoms with Gasteiger partial charge in [-0.05, 0) is 17.7 Å². The van der Waals surface area contributed by atoms with Crippen LogP contribution in [0.3, 0.4) is 0 Å². The number of nitrogens with one attached hydrogen (secondary N) is 1. The Balaban J connectivity index is 2.52. The van der Waals surface area contributed by atoms with E-state index in [-0.39, 0.29) is 18.5 Å². The molecule has 1 aromatic rings. The monoisotopic (exact) mass is 312 g/mol. The van der Waals surface area contributed by atoms with E-state index in [4.69, 9.17) is 10.5 Å². The van der Waals surface area contributed by atoms with Gasteiger partial charge in [-0.1, -0.05) is 12.1 Å². The maximum absolute atomic E-state index is 11.8. The van der Waals surface area contributed by atoms with Gasteiger partial charge in [0, 0.05) is 18.6 Å². The average Bonchev–Trinajstić information content (AvgIpc) is 2.47. The number of anilines is 1. The van der Waals surface area contributed by atoms with Gasteiger partial charge in [-0.15, -0.1) is 11.8 Å². The predicted octanol–water partition coefficient (Wildman–Crippen LogP) is 1.00. The highest BCUT2D eigenvalue weighted by atomic mass is 32.2. The molecule has 116 valence electrons. The van der Waals surface area contributed by atoms with Gasteiger partial charge in [0.25, 0.3) is 0 Å². The Kier molecular flexibility index (Phi) is 7.81. The number of carbonyl (C=O) groups excluding carboxylic acids is 2. The minimum atomic E-state index is -0.702. The van der Waals surface area contributed by atoms with E-state index in [9.17, 15) is 9.59 Å². The molecule has 0 bridgehead atoms. The van der Waals surface area contributed by atoms with E-state index in [1.165, 1.54) is 26.0 Å². The Morgan fingerprint density at radius 2 is 2.14 bits per heavy atom. The number of carbonyl (C=O) groups is 2. The van der Waals surface area contributed by atoms with Gasteiger partial charge < -0.3 is 20.5 Å². The molecule has 0 aliphatic heterocycles. The first-order chi connectivity index (χ1) is 10.1. The van der Waals surface area contributed by atoms with Crippen LogP contribution in [0, 0.1) is 0 Å². The highest BCUT2D eigenvalue weighted by Gasteiger charge is 2.13. The molecule has 0 aromatic heterocycles. The molecule has 1 atom stereocenters. The van der Waals surface area contributed by atoms with E-state index < -0.39 is 6.04 Å². The van der Waals surface area contributed by atoms with Crippen LogP contribution in [0.15, 0.2) is 24.3 Å². The van der Waals surface area contributed by atoms with Crippen molar-refractivity contribution in [3.05, 3.63) is 29.8 Å². The molecule has 0 saturated heterocycles. The van der Waals surface area contributed by atoms with Gasteiger partial charge in [0.1, 0.15) is 6.04 Å². The summed E-state index contributed by atoms with van der Waals surface area (Å²) in [6.45, 7) is 0.167. The van der Waals surface area contributed by atoms with Crippen LogP contribution in [-0.2, 0) is 24.8 Å². The summed E-state index contributed by atoms with van der Waals surface area (Å²) < 4.78 is 9.41. The first-order valence-electron chi connectivity index (χ1n) is 6.35. The molecule has 3 N–H and O–H groups in total. The van der Waals surface area contributed by atoms with E-state index in [2.05, 4.69) is 10.1 Å². The third kappa shape index (κ3) is 6.61. The average molecular weight is 312 g/mol. The van der Waals surface area contributed by atoms with E-state index in [1.54, 1.807) is 6.07 Å². The minimum absolute atomic E-state index is 0.167. The molecule has 0 saturated carbocycles. The van der Waals surface area contributed by atoms with Crippen LogP contribution < -0.4 is 11.1 Å². The number of hydrogen-bond donors (Lipinski definition) is 2. The van der Waals surface area contributed by atoms with Gasteiger partial charge >= 0.3 is 5.97 Å². The molecule has 1 unspecified atom stereocenters. The van der Waals surface area contributed by atoms with Crippen molar-refractivity contribution >= 4 is 29.3 Å². The number of nitrogens with two attached hydrogens (primary N) is 1. The fourth-order valence-corrected chi connectivity index (χ4v) is 2.34. The molecule has 1 aromatic carbocycles. The van der Waals surface area contributed by atoms with Crippen LogP contribution in [-0.4, -0.2) is 44.5 Å². The first-order valence-corrected chi connectivity index (χ1v) is 7.51. The first kappa shape index (κ1) is 17.5. The number of esters is 1. The molecule has 0 spiro atoms. The Hall–Kier alpha value is -1.57. The third-order valence-corrected chi connectivity index (χ3v) is 3.57. The van der Waals surface area contributed by atoms with Crippen LogP contribution in [0.4, 0.5) is 5.69 Å². The van der Waals surface area contributed by atoms with Crippen molar-refractivity contribution in [2.45, 2.75) is 11.8 Å². The fraction of sp³-hybridized carbons (Fsp3) is 0.429. The van der Waals surface area contributed by atoms with Crippen molar-refractivity contribution in [3.63, 3.8) is 0 Å². The highest BCUT2D eigenvalue weighted by Crippen LogP contribution is 2.16. The smallest absolute Gasteiger partial charge is 0.315 e. The number of amides is 1. The number of rotatable bonds is 8. The summed E-state index contributed by atoms with van der Waals surface area (Å²) >= 11 is 1.45. The molecule has 21 heavy (non-hydrogen) atoms. The zero-order valence-electron chi connectivity index (χ0n) is 12.1. The zero-order chi connectivity index (χ0) is 15.7. The number of benzene rings is 1. The van der Waals surface area contributed by atoms with Crippen LogP contribution >= 0.6 is 11.8 Å². The lowest BCUT2D eigenvalue weighted by molar-refractivity contribution is -0.137. The van der Waals surface area contributed by atoms with Crippen LogP contribution in [0.25, 0.3) is 0 Å². The Morgan fingerprint density at radius 3 is 2.81 bits per heavy atom. The molecule has 0 fully saturated rings. The topological polar surface area (TPSA) is 90.6 Å². The zero-order valence-corrected chi connectivity index (χ0v) is 12.9. The molecule has 0 radical (unpaired) electrons. The van der Waals surface area contributed by atoms with E-state index in [1.807, 2.05) is 18.2 Å². The second-order valence-electron chi connectivity index (χ2n) is 4.32. The molecule has 0 heterocycles. The molecule has 0 aliphatic rings. The van der Waals surface area contributed by atoms with Gasteiger partial charge in [-0.2, -0.15) is 0 Å². The second kappa shape index (κ2) is 9.38. The largest absolute Gasteiger partial charge is 0.468 e. The predicted molar refractivity (Wildman–Crippen MR) is 83.1 cm³/mol. The lowest BCUT2D eigenvalue weighted by atomic mass is 10.2. The summed E-state index contributed by atoms with van der Waals surface area (Å²) in [6, 6.07) is 6.70. The normalized spacial score (nSPS) is 11.8. The molecular formula is C14H20N2O4S. The van der Waals surface area contributed by atoms with Crippen molar-refractivity contribution in [1.82, 2.24) is 0 Å². The Morgan fingerprint density at radius 1 is 1.38 bits per heavy atom. The lowest BCUT2D eigenvalue weighted by Crippen LogP contribution is -2.39. The van der Waals surface area contributed by atoms with Crippen LogP contribution in [0.5, 0.6) is 0 Å². The van der Waals surface area contributed by atoms with E-state index >= 15 is 0 Å². The SMILES string of the molecule is COCC(N)C(=O)Nc1cccc(CSCC(=O)OC)c1. The molecule has 7 heteroatoms. The molecule has 6 nitrogen and oxygen atoms in total. The number of thioether (sulfide) groups is 1. The molecule has 0 aliphatic carbocycles. The molecule has 1 amide bonds. The van der Waals surface area contributed by atoms with Gasteiger partial charge in [0.05, 0.1) is 19.5 Å². The van der Waals surface area contributed by atoms with Crippen molar-refractivity contribution in [1.29, 1.82) is 0 Å². The van der Waals surface area contributed by atoms with Gasteiger partial charge in [0.15, 0.2) is 0 Å². The standard InChI is InChI=1S/C14H20N2O4S/c1-19-7-12(15)14(18)16-11-5-3-4-10(6-11)8-21-9-13(17)20-2/h3-6,12H,7-9,15H2,1-2H3,(H,16,18). The number of ether oxygens (including phenoxy) is 2. The minimum Gasteiger partial charge on any atom is -0.468 e.